The zero-order valence-electron chi connectivity index (χ0n) is 14.0. The summed E-state index contributed by atoms with van der Waals surface area (Å²) >= 11 is 0. The molecule has 2 N–H and O–H groups in total. The second kappa shape index (κ2) is 6.07. The van der Waals surface area contributed by atoms with Gasteiger partial charge < -0.3 is 0 Å². The average molecular weight is 348 g/mol. The van der Waals surface area contributed by atoms with E-state index in [4.69, 9.17) is 0 Å². The van der Waals surface area contributed by atoms with Gasteiger partial charge in [0.25, 0.3) is 5.91 Å². The monoisotopic (exact) mass is 348 g/mol. The summed E-state index contributed by atoms with van der Waals surface area (Å²) in [6.45, 7) is 0. The van der Waals surface area contributed by atoms with Gasteiger partial charge in [0.05, 0.1) is 0 Å². The molecular formula is C19H22F2N2O2. The molecule has 0 aromatic heterocycles. The maximum absolute atomic E-state index is 13.2. The Morgan fingerprint density at radius 1 is 0.920 bits per heavy atom. The lowest BCUT2D eigenvalue weighted by Crippen LogP contribution is -2.50. The summed E-state index contributed by atoms with van der Waals surface area (Å²) in [7, 11) is 0. The van der Waals surface area contributed by atoms with E-state index >= 15 is 0 Å². The van der Waals surface area contributed by atoms with Crippen LogP contribution in [-0.2, 0) is 4.79 Å². The predicted octanol–water partition coefficient (Wildman–Crippen LogP) is 3.33. The van der Waals surface area contributed by atoms with Crippen LogP contribution in [-0.4, -0.2) is 11.8 Å². The van der Waals surface area contributed by atoms with Crippen LogP contribution in [0.2, 0.25) is 0 Å². The van der Waals surface area contributed by atoms with Crippen molar-refractivity contribution in [2.75, 3.05) is 0 Å². The summed E-state index contributed by atoms with van der Waals surface area (Å²) < 4.78 is 26.3. The lowest BCUT2D eigenvalue weighted by molar-refractivity contribution is -0.130. The Morgan fingerprint density at radius 2 is 1.44 bits per heavy atom. The van der Waals surface area contributed by atoms with Crippen LogP contribution in [0, 0.1) is 34.8 Å². The quantitative estimate of drug-likeness (QED) is 0.823. The van der Waals surface area contributed by atoms with Crippen molar-refractivity contribution in [1.29, 1.82) is 0 Å². The van der Waals surface area contributed by atoms with Crippen molar-refractivity contribution in [3.8, 4) is 0 Å². The van der Waals surface area contributed by atoms with Crippen LogP contribution < -0.4 is 10.9 Å². The second-order valence-electron chi connectivity index (χ2n) is 8.25. The van der Waals surface area contributed by atoms with Gasteiger partial charge in [-0.15, -0.1) is 0 Å². The number of halogens is 2. The molecule has 4 aliphatic carbocycles. The molecule has 1 aromatic rings. The van der Waals surface area contributed by atoms with Gasteiger partial charge in [0.15, 0.2) is 0 Å². The van der Waals surface area contributed by atoms with E-state index in [1.807, 2.05) is 0 Å². The molecule has 0 atom stereocenters. The van der Waals surface area contributed by atoms with E-state index in [0.29, 0.717) is 12.5 Å². The van der Waals surface area contributed by atoms with Crippen LogP contribution in [0.4, 0.5) is 8.78 Å². The molecule has 25 heavy (non-hydrogen) atoms. The SMILES string of the molecule is O=C(CC12CC3CC(CC(C3)C1)C2)NNC(=O)c1cc(F)cc(F)c1. The Labute approximate surface area is 145 Å². The minimum Gasteiger partial charge on any atom is -0.273 e. The molecule has 4 aliphatic rings. The lowest BCUT2D eigenvalue weighted by atomic mass is 9.49. The third-order valence-electron chi connectivity index (χ3n) is 6.14. The maximum atomic E-state index is 13.2. The first-order valence-corrected chi connectivity index (χ1v) is 8.96. The highest BCUT2D eigenvalue weighted by molar-refractivity contribution is 5.95. The van der Waals surface area contributed by atoms with Crippen LogP contribution in [0.15, 0.2) is 18.2 Å². The Kier molecular flexibility index (Phi) is 4.01. The van der Waals surface area contributed by atoms with Gasteiger partial charge in [0, 0.05) is 18.1 Å². The lowest BCUT2D eigenvalue weighted by Gasteiger charge is -2.56. The first-order valence-electron chi connectivity index (χ1n) is 8.96. The van der Waals surface area contributed by atoms with Crippen LogP contribution in [0.5, 0.6) is 0 Å². The van der Waals surface area contributed by atoms with Crippen molar-refractivity contribution < 1.29 is 18.4 Å². The van der Waals surface area contributed by atoms with E-state index in [-0.39, 0.29) is 16.9 Å². The molecule has 1 aromatic carbocycles. The standard InChI is InChI=1S/C19H22F2N2O2/c20-15-4-14(5-16(21)6-15)18(25)23-22-17(24)10-19-7-11-1-12(8-19)3-13(2-11)9-19/h4-6,11-13H,1-3,7-10H2,(H,22,24)(H,23,25). The van der Waals surface area contributed by atoms with Crippen LogP contribution in [0.1, 0.15) is 55.3 Å². The fourth-order valence-corrected chi connectivity index (χ4v) is 5.77. The molecule has 4 bridgehead atoms. The summed E-state index contributed by atoms with van der Waals surface area (Å²) in [6, 6.07) is 2.57. The first kappa shape index (κ1) is 16.5. The smallest absolute Gasteiger partial charge is 0.269 e. The Morgan fingerprint density at radius 3 is 1.96 bits per heavy atom. The van der Waals surface area contributed by atoms with Gasteiger partial charge >= 0.3 is 0 Å². The molecule has 0 spiro atoms. The molecule has 4 fully saturated rings. The number of hydrogen-bond donors (Lipinski definition) is 2. The predicted molar refractivity (Wildman–Crippen MR) is 87.2 cm³/mol. The Bertz CT molecular complexity index is 664. The van der Waals surface area contributed by atoms with Gasteiger partial charge in [-0.05, 0) is 73.8 Å². The number of rotatable bonds is 3. The molecule has 0 radical (unpaired) electrons. The minimum absolute atomic E-state index is 0.0779. The zero-order valence-corrected chi connectivity index (χ0v) is 14.0. The largest absolute Gasteiger partial charge is 0.273 e. The third-order valence-corrected chi connectivity index (χ3v) is 6.14. The molecule has 2 amide bonds. The summed E-state index contributed by atoms with van der Waals surface area (Å²) in [6.07, 6.45) is 7.66. The minimum atomic E-state index is -0.829. The number of hydrogen-bond acceptors (Lipinski definition) is 2. The highest BCUT2D eigenvalue weighted by atomic mass is 19.1. The van der Waals surface area contributed by atoms with E-state index in [0.717, 1.165) is 49.1 Å². The van der Waals surface area contributed by atoms with Crippen LogP contribution >= 0.6 is 0 Å². The number of hydrazine groups is 1. The fourth-order valence-electron chi connectivity index (χ4n) is 5.77. The Hall–Kier alpha value is -1.98. The summed E-state index contributed by atoms with van der Waals surface area (Å²) in [5.41, 5.74) is 4.59. The van der Waals surface area contributed by atoms with E-state index in [2.05, 4.69) is 10.9 Å². The van der Waals surface area contributed by atoms with Gasteiger partial charge in [-0.1, -0.05) is 0 Å². The molecule has 0 aliphatic heterocycles. The van der Waals surface area contributed by atoms with Crippen molar-refractivity contribution in [2.45, 2.75) is 44.9 Å². The second-order valence-corrected chi connectivity index (χ2v) is 8.25. The summed E-state index contributed by atoms with van der Waals surface area (Å²) in [5.74, 6) is -0.351. The Balaban J connectivity index is 1.34. The molecule has 0 heterocycles. The fraction of sp³-hybridized carbons (Fsp3) is 0.579. The summed E-state index contributed by atoms with van der Waals surface area (Å²) in [5, 5.41) is 0. The summed E-state index contributed by atoms with van der Waals surface area (Å²) in [4.78, 5) is 24.3. The van der Waals surface area contributed by atoms with Gasteiger partial charge in [0.2, 0.25) is 5.91 Å². The molecule has 4 saturated carbocycles. The normalized spacial score (nSPS) is 32.5. The molecule has 5 rings (SSSR count). The van der Waals surface area contributed by atoms with Crippen molar-refractivity contribution in [2.24, 2.45) is 23.2 Å². The number of carbonyl (C=O) groups excluding carboxylic acids is 2. The molecule has 134 valence electrons. The number of benzene rings is 1. The van der Waals surface area contributed by atoms with E-state index < -0.39 is 17.5 Å². The number of carbonyl (C=O) groups is 2. The van der Waals surface area contributed by atoms with Crippen LogP contribution in [0.25, 0.3) is 0 Å². The first-order chi connectivity index (χ1) is 11.9. The van der Waals surface area contributed by atoms with Crippen molar-refractivity contribution >= 4 is 11.8 Å². The zero-order chi connectivity index (χ0) is 17.6. The maximum Gasteiger partial charge on any atom is 0.269 e. The van der Waals surface area contributed by atoms with Gasteiger partial charge in [-0.25, -0.2) is 8.78 Å². The van der Waals surface area contributed by atoms with E-state index in [9.17, 15) is 18.4 Å². The molecule has 0 unspecified atom stereocenters. The third kappa shape index (κ3) is 3.39. The van der Waals surface area contributed by atoms with E-state index in [1.54, 1.807) is 0 Å². The van der Waals surface area contributed by atoms with Crippen LogP contribution in [0.3, 0.4) is 0 Å². The molecule has 6 heteroatoms. The average Bonchev–Trinajstić information content (AvgIpc) is 2.49. The van der Waals surface area contributed by atoms with Crippen molar-refractivity contribution in [3.63, 3.8) is 0 Å². The van der Waals surface area contributed by atoms with Gasteiger partial charge in [-0.2, -0.15) is 0 Å². The highest BCUT2D eigenvalue weighted by Gasteiger charge is 2.51. The van der Waals surface area contributed by atoms with E-state index in [1.165, 1.54) is 19.3 Å². The highest BCUT2D eigenvalue weighted by Crippen LogP contribution is 2.61. The molecular weight excluding hydrogens is 326 g/mol. The topological polar surface area (TPSA) is 58.2 Å². The number of nitrogens with one attached hydrogen (secondary N) is 2. The van der Waals surface area contributed by atoms with Crippen molar-refractivity contribution in [1.82, 2.24) is 10.9 Å². The van der Waals surface area contributed by atoms with Gasteiger partial charge in [0.1, 0.15) is 11.6 Å². The van der Waals surface area contributed by atoms with Crippen molar-refractivity contribution in [3.05, 3.63) is 35.4 Å². The van der Waals surface area contributed by atoms with Gasteiger partial charge in [-0.3, -0.25) is 20.4 Å². The molecule has 0 saturated heterocycles. The number of amides is 2. The molecule has 4 nitrogen and oxygen atoms in total.